The lowest BCUT2D eigenvalue weighted by Gasteiger charge is -2.22. The first-order valence-corrected chi connectivity index (χ1v) is 10.7. The van der Waals surface area contributed by atoms with Crippen LogP contribution in [0.25, 0.3) is 10.9 Å². The van der Waals surface area contributed by atoms with Gasteiger partial charge in [-0.2, -0.15) is 0 Å². The maximum Gasteiger partial charge on any atom is 0.262 e. The Hall–Kier alpha value is -2.15. The summed E-state index contributed by atoms with van der Waals surface area (Å²) in [5, 5.41) is 1.45. The quantitative estimate of drug-likeness (QED) is 0.448. The molecular formula is C22H24N2O3S. The van der Waals surface area contributed by atoms with Crippen molar-refractivity contribution < 1.29 is 9.47 Å². The molecule has 0 N–H and O–H groups in total. The summed E-state index contributed by atoms with van der Waals surface area (Å²) in [7, 11) is 0. The molecule has 0 radical (unpaired) electrons. The molecule has 0 spiro atoms. The van der Waals surface area contributed by atoms with Crippen LogP contribution in [0.1, 0.15) is 18.4 Å². The molecule has 28 heavy (non-hydrogen) atoms. The third-order valence-electron chi connectivity index (χ3n) is 4.89. The fraction of sp³-hybridized carbons (Fsp3) is 0.364. The summed E-state index contributed by atoms with van der Waals surface area (Å²) in [6.07, 6.45) is 2.84. The van der Waals surface area contributed by atoms with Gasteiger partial charge in [0.05, 0.1) is 23.6 Å². The molecule has 1 atom stereocenters. The van der Waals surface area contributed by atoms with Gasteiger partial charge >= 0.3 is 0 Å². The number of para-hydroxylation sites is 1. The van der Waals surface area contributed by atoms with Gasteiger partial charge in [0.15, 0.2) is 5.16 Å². The molecule has 1 saturated heterocycles. The zero-order valence-corrected chi connectivity index (χ0v) is 16.6. The maximum atomic E-state index is 13.1. The fourth-order valence-corrected chi connectivity index (χ4v) is 4.43. The third kappa shape index (κ3) is 4.63. The van der Waals surface area contributed by atoms with Crippen LogP contribution in [-0.4, -0.2) is 34.8 Å². The molecule has 1 aromatic heterocycles. The third-order valence-corrected chi connectivity index (χ3v) is 5.99. The summed E-state index contributed by atoms with van der Waals surface area (Å²) in [6, 6.07) is 17.9. The highest BCUT2D eigenvalue weighted by Gasteiger charge is 2.17. The van der Waals surface area contributed by atoms with Crippen molar-refractivity contribution in [3.8, 4) is 0 Å². The molecule has 0 amide bonds. The molecule has 146 valence electrons. The lowest BCUT2D eigenvalue weighted by molar-refractivity contribution is -0.130. The molecular weight excluding hydrogens is 372 g/mol. The number of fused-ring (bicyclic) bond motifs is 1. The molecule has 6 heteroatoms. The van der Waals surface area contributed by atoms with Crippen LogP contribution in [-0.2, 0) is 22.4 Å². The Morgan fingerprint density at radius 2 is 1.93 bits per heavy atom. The van der Waals surface area contributed by atoms with E-state index in [0.29, 0.717) is 18.7 Å². The number of hydrogen-bond acceptors (Lipinski definition) is 5. The second-order valence-corrected chi connectivity index (χ2v) is 7.86. The average molecular weight is 397 g/mol. The van der Waals surface area contributed by atoms with Crippen LogP contribution in [0.3, 0.4) is 0 Å². The smallest absolute Gasteiger partial charge is 0.262 e. The molecule has 3 aromatic rings. The van der Waals surface area contributed by atoms with E-state index in [9.17, 15) is 4.79 Å². The van der Waals surface area contributed by atoms with Gasteiger partial charge in [0.2, 0.25) is 0 Å². The van der Waals surface area contributed by atoms with Crippen LogP contribution in [0, 0.1) is 0 Å². The van der Waals surface area contributed by atoms with Crippen molar-refractivity contribution in [3.63, 3.8) is 0 Å². The highest BCUT2D eigenvalue weighted by molar-refractivity contribution is 7.99. The van der Waals surface area contributed by atoms with Gasteiger partial charge in [-0.15, -0.1) is 0 Å². The van der Waals surface area contributed by atoms with Gasteiger partial charge in [-0.25, -0.2) is 4.98 Å². The number of thioether (sulfide) groups is 1. The summed E-state index contributed by atoms with van der Waals surface area (Å²) in [4.78, 5) is 17.9. The molecule has 5 nitrogen and oxygen atoms in total. The number of benzene rings is 2. The zero-order chi connectivity index (χ0) is 19.2. The number of aryl methyl sites for hydroxylation is 1. The lowest BCUT2D eigenvalue weighted by atomic mass is 10.1. The van der Waals surface area contributed by atoms with E-state index in [1.165, 1.54) is 5.56 Å². The van der Waals surface area contributed by atoms with Crippen molar-refractivity contribution in [2.45, 2.75) is 37.1 Å². The Bertz CT molecular complexity index is 968. The Morgan fingerprint density at radius 3 is 2.75 bits per heavy atom. The van der Waals surface area contributed by atoms with Gasteiger partial charge in [-0.05, 0) is 37.0 Å². The van der Waals surface area contributed by atoms with Crippen molar-refractivity contribution in [2.24, 2.45) is 0 Å². The van der Waals surface area contributed by atoms with E-state index in [4.69, 9.17) is 14.5 Å². The van der Waals surface area contributed by atoms with Crippen molar-refractivity contribution in [1.29, 1.82) is 0 Å². The normalized spacial score (nSPS) is 17.1. The molecule has 2 heterocycles. The van der Waals surface area contributed by atoms with E-state index in [-0.39, 0.29) is 11.7 Å². The number of rotatable bonds is 7. The van der Waals surface area contributed by atoms with E-state index < -0.39 is 0 Å². The first-order chi connectivity index (χ1) is 13.8. The Labute approximate surface area is 168 Å². The van der Waals surface area contributed by atoms with Gasteiger partial charge in [0.1, 0.15) is 6.79 Å². The molecule has 4 rings (SSSR count). The summed E-state index contributed by atoms with van der Waals surface area (Å²) < 4.78 is 12.7. The highest BCUT2D eigenvalue weighted by Crippen LogP contribution is 2.22. The zero-order valence-electron chi connectivity index (χ0n) is 15.8. The molecule has 0 unspecified atom stereocenters. The average Bonchev–Trinajstić information content (AvgIpc) is 2.75. The van der Waals surface area contributed by atoms with Gasteiger partial charge in [-0.1, -0.05) is 54.2 Å². The molecule has 1 aliphatic heterocycles. The topological polar surface area (TPSA) is 53.4 Å². The number of hydrogen-bond donors (Lipinski definition) is 0. The van der Waals surface area contributed by atoms with Crippen molar-refractivity contribution in [2.75, 3.05) is 19.2 Å². The second-order valence-electron chi connectivity index (χ2n) is 6.87. The van der Waals surface area contributed by atoms with Crippen LogP contribution < -0.4 is 5.56 Å². The van der Waals surface area contributed by atoms with Crippen LogP contribution in [0.4, 0.5) is 0 Å². The number of ether oxygens (including phenoxy) is 2. The Kier molecular flexibility index (Phi) is 6.41. The molecule has 1 aliphatic rings. The number of nitrogens with zero attached hydrogens (tertiary/aromatic N) is 2. The first kappa shape index (κ1) is 19.2. The Morgan fingerprint density at radius 1 is 1.11 bits per heavy atom. The van der Waals surface area contributed by atoms with Crippen LogP contribution in [0.2, 0.25) is 0 Å². The standard InChI is InChI=1S/C22H24N2O3S/c25-21-19-10-4-5-11-20(19)23-22(28-15-18-12-14-26-16-27-18)24(21)13-6-9-17-7-2-1-3-8-17/h1-5,7-8,10-11,18H,6,9,12-16H2/t18-/m0/s1. The summed E-state index contributed by atoms with van der Waals surface area (Å²) in [5.74, 6) is 0.771. The summed E-state index contributed by atoms with van der Waals surface area (Å²) >= 11 is 1.60. The van der Waals surface area contributed by atoms with Crippen LogP contribution in [0.5, 0.6) is 0 Å². The summed E-state index contributed by atoms with van der Waals surface area (Å²) in [6.45, 7) is 1.73. The molecule has 1 fully saturated rings. The van der Waals surface area contributed by atoms with Gasteiger partial charge in [-0.3, -0.25) is 9.36 Å². The minimum atomic E-state index is 0.0362. The van der Waals surface area contributed by atoms with E-state index in [0.717, 1.165) is 42.3 Å². The monoisotopic (exact) mass is 396 g/mol. The van der Waals surface area contributed by atoms with Gasteiger partial charge < -0.3 is 9.47 Å². The van der Waals surface area contributed by atoms with Crippen LogP contribution >= 0.6 is 11.8 Å². The van der Waals surface area contributed by atoms with E-state index >= 15 is 0 Å². The SMILES string of the molecule is O=c1c2ccccc2nc(SC[C@@H]2CCOCO2)n1CCCc1ccccc1. The van der Waals surface area contributed by atoms with Gasteiger partial charge in [0, 0.05) is 12.3 Å². The predicted molar refractivity (Wildman–Crippen MR) is 112 cm³/mol. The summed E-state index contributed by atoms with van der Waals surface area (Å²) in [5.41, 5.74) is 2.07. The Balaban J connectivity index is 1.54. The van der Waals surface area contributed by atoms with Crippen molar-refractivity contribution >= 4 is 22.7 Å². The molecule has 0 aliphatic carbocycles. The van der Waals surface area contributed by atoms with Gasteiger partial charge in [0.25, 0.3) is 5.56 Å². The van der Waals surface area contributed by atoms with Crippen molar-refractivity contribution in [1.82, 2.24) is 9.55 Å². The minimum absolute atomic E-state index is 0.0362. The van der Waals surface area contributed by atoms with E-state index in [1.54, 1.807) is 11.8 Å². The molecule has 0 saturated carbocycles. The number of aromatic nitrogens is 2. The molecule has 0 bridgehead atoms. The predicted octanol–water partition coefficient (Wildman–Crippen LogP) is 3.88. The minimum Gasteiger partial charge on any atom is -0.355 e. The van der Waals surface area contributed by atoms with E-state index in [1.807, 2.05) is 47.0 Å². The second kappa shape index (κ2) is 9.37. The highest BCUT2D eigenvalue weighted by atomic mass is 32.2. The first-order valence-electron chi connectivity index (χ1n) is 9.67. The fourth-order valence-electron chi connectivity index (χ4n) is 3.34. The molecule has 2 aromatic carbocycles. The van der Waals surface area contributed by atoms with Crippen molar-refractivity contribution in [3.05, 3.63) is 70.5 Å². The largest absolute Gasteiger partial charge is 0.355 e. The van der Waals surface area contributed by atoms with Crippen LogP contribution in [0.15, 0.2) is 64.5 Å². The van der Waals surface area contributed by atoms with E-state index in [2.05, 4.69) is 12.1 Å². The maximum absolute atomic E-state index is 13.1. The lowest BCUT2D eigenvalue weighted by Crippen LogP contribution is -2.27.